The zero-order chi connectivity index (χ0) is 26.6. The van der Waals surface area contributed by atoms with Crippen molar-refractivity contribution in [3.63, 3.8) is 0 Å². The normalized spacial score (nSPS) is 11.1. The van der Waals surface area contributed by atoms with Crippen molar-refractivity contribution in [1.82, 2.24) is 29.8 Å². The van der Waals surface area contributed by atoms with Crippen LogP contribution in [0.4, 0.5) is 0 Å². The SMILES string of the molecule is CCCCc1cn(-c2c(C)cccc2C(C)=O)c(=O)n1Cc1ccc(-c2ccccc2-c2nn[nH]n2)cc1. The van der Waals surface area contributed by atoms with E-state index in [4.69, 9.17) is 0 Å². The van der Waals surface area contributed by atoms with E-state index >= 15 is 0 Å². The van der Waals surface area contributed by atoms with Crippen LogP contribution in [-0.2, 0) is 13.0 Å². The maximum absolute atomic E-state index is 13.7. The number of hydrogen-bond donors (Lipinski definition) is 1. The summed E-state index contributed by atoms with van der Waals surface area (Å²) in [7, 11) is 0. The average molecular weight is 507 g/mol. The number of unbranched alkanes of at least 4 members (excludes halogenated alkanes) is 1. The predicted molar refractivity (Wildman–Crippen MR) is 148 cm³/mol. The average Bonchev–Trinajstić information content (AvgIpc) is 3.57. The van der Waals surface area contributed by atoms with Crippen molar-refractivity contribution in [3.8, 4) is 28.2 Å². The highest BCUT2D eigenvalue weighted by molar-refractivity contribution is 5.98. The zero-order valence-corrected chi connectivity index (χ0v) is 21.8. The number of H-pyrrole nitrogens is 1. The Kier molecular flexibility index (Phi) is 7.13. The van der Waals surface area contributed by atoms with Gasteiger partial charge in [-0.3, -0.25) is 13.9 Å². The first kappa shape index (κ1) is 25.1. The van der Waals surface area contributed by atoms with E-state index in [0.29, 0.717) is 23.6 Å². The summed E-state index contributed by atoms with van der Waals surface area (Å²) in [5.41, 5.74) is 6.86. The molecule has 0 saturated heterocycles. The Morgan fingerprint density at radius 3 is 2.42 bits per heavy atom. The maximum Gasteiger partial charge on any atom is 0.333 e. The molecule has 1 N–H and O–H groups in total. The van der Waals surface area contributed by atoms with Gasteiger partial charge in [-0.1, -0.05) is 74.0 Å². The topological polar surface area (TPSA) is 98.5 Å². The van der Waals surface area contributed by atoms with Gasteiger partial charge < -0.3 is 0 Å². The van der Waals surface area contributed by atoms with Crippen LogP contribution >= 0.6 is 0 Å². The lowest BCUT2D eigenvalue weighted by atomic mass is 9.98. The number of nitrogens with zero attached hydrogens (tertiary/aromatic N) is 5. The molecule has 192 valence electrons. The first-order valence-corrected chi connectivity index (χ1v) is 12.8. The smallest absolute Gasteiger partial charge is 0.294 e. The Morgan fingerprint density at radius 1 is 0.974 bits per heavy atom. The maximum atomic E-state index is 13.7. The Balaban J connectivity index is 1.51. The van der Waals surface area contributed by atoms with Gasteiger partial charge in [0, 0.05) is 23.0 Å². The number of nitrogens with one attached hydrogen (secondary N) is 1. The molecule has 3 aromatic carbocycles. The highest BCUT2D eigenvalue weighted by atomic mass is 16.2. The zero-order valence-electron chi connectivity index (χ0n) is 21.8. The van der Waals surface area contributed by atoms with Crippen LogP contribution in [0.3, 0.4) is 0 Å². The first-order valence-electron chi connectivity index (χ1n) is 12.8. The van der Waals surface area contributed by atoms with Crippen LogP contribution in [0.1, 0.15) is 53.9 Å². The van der Waals surface area contributed by atoms with Crippen molar-refractivity contribution in [2.45, 2.75) is 46.6 Å². The molecule has 0 spiro atoms. The molecule has 2 aromatic heterocycles. The number of carbonyl (C=O) groups excluding carboxylic acids is 1. The molecule has 0 aliphatic rings. The van der Waals surface area contributed by atoms with Gasteiger partial charge in [-0.05, 0) is 60.2 Å². The Labute approximate surface area is 221 Å². The fourth-order valence-electron chi connectivity index (χ4n) is 4.85. The van der Waals surface area contributed by atoms with Gasteiger partial charge in [0.25, 0.3) is 0 Å². The van der Waals surface area contributed by atoms with E-state index in [9.17, 15) is 9.59 Å². The third-order valence-electron chi connectivity index (χ3n) is 6.83. The van der Waals surface area contributed by atoms with Crippen LogP contribution in [0.5, 0.6) is 0 Å². The van der Waals surface area contributed by atoms with E-state index < -0.39 is 0 Å². The van der Waals surface area contributed by atoms with E-state index in [-0.39, 0.29) is 11.5 Å². The molecule has 2 heterocycles. The number of benzene rings is 3. The minimum absolute atomic E-state index is 0.0600. The number of aryl methyl sites for hydroxylation is 2. The molecule has 0 amide bonds. The number of aromatic amines is 1. The minimum atomic E-state index is -0.139. The van der Waals surface area contributed by atoms with E-state index in [1.165, 1.54) is 6.92 Å². The molecule has 8 heteroatoms. The highest BCUT2D eigenvalue weighted by Crippen LogP contribution is 2.30. The summed E-state index contributed by atoms with van der Waals surface area (Å²) >= 11 is 0. The van der Waals surface area contributed by atoms with Crippen molar-refractivity contribution >= 4 is 5.78 Å². The number of hydrogen-bond acceptors (Lipinski definition) is 5. The molecule has 0 aliphatic carbocycles. The summed E-state index contributed by atoms with van der Waals surface area (Å²) < 4.78 is 3.47. The molecule has 8 nitrogen and oxygen atoms in total. The van der Waals surface area contributed by atoms with Crippen molar-refractivity contribution in [2.24, 2.45) is 0 Å². The summed E-state index contributed by atoms with van der Waals surface area (Å²) in [6.45, 7) is 6.05. The number of ketones is 1. The number of para-hydroxylation sites is 1. The molecule has 0 unspecified atom stereocenters. The lowest BCUT2D eigenvalue weighted by Gasteiger charge is -2.11. The second-order valence-electron chi connectivity index (χ2n) is 9.47. The highest BCUT2D eigenvalue weighted by Gasteiger charge is 2.18. The van der Waals surface area contributed by atoms with E-state index in [2.05, 4.69) is 39.7 Å². The second kappa shape index (κ2) is 10.8. The van der Waals surface area contributed by atoms with Crippen molar-refractivity contribution in [1.29, 1.82) is 0 Å². The van der Waals surface area contributed by atoms with Crippen LogP contribution < -0.4 is 5.69 Å². The Morgan fingerprint density at radius 2 is 1.74 bits per heavy atom. The molecule has 0 atom stereocenters. The fourth-order valence-corrected chi connectivity index (χ4v) is 4.85. The van der Waals surface area contributed by atoms with E-state index in [1.54, 1.807) is 10.6 Å². The minimum Gasteiger partial charge on any atom is -0.294 e. The van der Waals surface area contributed by atoms with E-state index in [1.807, 2.05) is 66.2 Å². The van der Waals surface area contributed by atoms with Crippen LogP contribution in [-0.4, -0.2) is 35.5 Å². The van der Waals surface area contributed by atoms with Crippen LogP contribution in [0.25, 0.3) is 28.2 Å². The molecule has 0 fully saturated rings. The van der Waals surface area contributed by atoms with Gasteiger partial charge >= 0.3 is 5.69 Å². The molecule has 0 bridgehead atoms. The summed E-state index contributed by atoms with van der Waals surface area (Å²) in [5.74, 6) is 0.481. The van der Waals surface area contributed by atoms with Crippen molar-refractivity contribution < 1.29 is 4.79 Å². The van der Waals surface area contributed by atoms with Crippen molar-refractivity contribution in [2.75, 3.05) is 0 Å². The number of Topliss-reactive ketones (excluding diaryl/α,β-unsaturated/α-hetero) is 1. The van der Waals surface area contributed by atoms with Gasteiger partial charge in [-0.25, -0.2) is 4.79 Å². The summed E-state index contributed by atoms with van der Waals surface area (Å²) in [6.07, 6.45) is 4.69. The molecule has 5 rings (SSSR count). The lowest BCUT2D eigenvalue weighted by Crippen LogP contribution is -2.26. The molecule has 5 aromatic rings. The lowest BCUT2D eigenvalue weighted by molar-refractivity contribution is 0.101. The fraction of sp³-hybridized carbons (Fsp3) is 0.233. The van der Waals surface area contributed by atoms with Gasteiger partial charge in [0.05, 0.1) is 12.2 Å². The summed E-state index contributed by atoms with van der Waals surface area (Å²) in [6, 6.07) is 21.7. The third kappa shape index (κ3) is 4.85. The quantitative estimate of drug-likeness (QED) is 0.270. The second-order valence-corrected chi connectivity index (χ2v) is 9.47. The number of carbonyl (C=O) groups is 1. The third-order valence-corrected chi connectivity index (χ3v) is 6.83. The molecule has 0 saturated carbocycles. The Hall–Kier alpha value is -4.59. The molecular weight excluding hydrogens is 476 g/mol. The predicted octanol–water partition coefficient (Wildman–Crippen LogP) is 5.39. The van der Waals surface area contributed by atoms with Gasteiger partial charge in [0.2, 0.25) is 5.82 Å². The number of aromatic nitrogens is 6. The number of rotatable bonds is 9. The number of tetrazole rings is 1. The van der Waals surface area contributed by atoms with Gasteiger partial charge in [0.1, 0.15) is 0 Å². The molecule has 38 heavy (non-hydrogen) atoms. The summed E-state index contributed by atoms with van der Waals surface area (Å²) in [4.78, 5) is 26.1. The van der Waals surface area contributed by atoms with Gasteiger partial charge in [-0.15, -0.1) is 10.2 Å². The van der Waals surface area contributed by atoms with Crippen LogP contribution in [0.2, 0.25) is 0 Å². The van der Waals surface area contributed by atoms with Crippen LogP contribution in [0, 0.1) is 6.92 Å². The monoisotopic (exact) mass is 506 g/mol. The van der Waals surface area contributed by atoms with Gasteiger partial charge in [-0.2, -0.15) is 5.21 Å². The first-order chi connectivity index (χ1) is 18.5. The standard InChI is InChI=1S/C30H30N6O2/c1-4-5-10-24-19-36(28-20(2)9-8-13-25(28)21(3)37)30(38)35(24)18-22-14-16-23(17-15-22)26-11-6-7-12-27(26)29-31-33-34-32-29/h6-9,11-17,19H,4-5,10,18H2,1-3H3,(H,31,32,33,34). The molecule has 0 aliphatic heterocycles. The molecular formula is C30H30N6O2. The van der Waals surface area contributed by atoms with Crippen LogP contribution in [0.15, 0.2) is 77.7 Å². The Bertz CT molecular complexity index is 1630. The largest absolute Gasteiger partial charge is 0.333 e. The van der Waals surface area contributed by atoms with Gasteiger partial charge in [0.15, 0.2) is 5.78 Å². The van der Waals surface area contributed by atoms with Crippen molar-refractivity contribution in [3.05, 3.63) is 106 Å². The molecule has 0 radical (unpaired) electrons. The summed E-state index contributed by atoms with van der Waals surface area (Å²) in [5, 5.41) is 14.5. The van der Waals surface area contributed by atoms with E-state index in [0.717, 1.165) is 52.8 Å². The number of imidazole rings is 1.